The number of carbonyl (C=O) groups is 1. The molecule has 1 aromatic heterocycles. The number of hydrogen-bond donors (Lipinski definition) is 3. The predicted molar refractivity (Wildman–Crippen MR) is 78.6 cm³/mol. The van der Waals surface area contributed by atoms with Crippen molar-refractivity contribution in [1.29, 1.82) is 0 Å². The number of nitrogens with one attached hydrogen (secondary N) is 2. The van der Waals surface area contributed by atoms with Crippen LogP contribution in [0.3, 0.4) is 0 Å². The minimum absolute atomic E-state index is 0. The third-order valence-electron chi connectivity index (χ3n) is 2.86. The normalized spacial score (nSPS) is 13.7. The summed E-state index contributed by atoms with van der Waals surface area (Å²) in [5, 5.41) is 5.23. The van der Waals surface area contributed by atoms with Gasteiger partial charge in [-0.3, -0.25) is 4.79 Å². The van der Waals surface area contributed by atoms with Gasteiger partial charge in [0.1, 0.15) is 5.69 Å². The van der Waals surface area contributed by atoms with Crippen molar-refractivity contribution < 1.29 is 18.0 Å². The molecule has 22 heavy (non-hydrogen) atoms. The Kier molecular flexibility index (Phi) is 8.10. The number of carbonyl (C=O) groups excluding carboxylic acids is 1. The number of nitrogens with zero attached hydrogens (tertiary/aromatic N) is 2. The van der Waals surface area contributed by atoms with Crippen molar-refractivity contribution in [3.05, 3.63) is 18.0 Å². The number of hydrogen-bond acceptors (Lipinski definition) is 5. The molecule has 1 amide bonds. The van der Waals surface area contributed by atoms with Crippen LogP contribution in [-0.2, 0) is 11.0 Å². The van der Waals surface area contributed by atoms with Gasteiger partial charge in [0.2, 0.25) is 11.9 Å². The average Bonchev–Trinajstić information content (AvgIpc) is 2.41. The van der Waals surface area contributed by atoms with Crippen LogP contribution in [0.25, 0.3) is 0 Å². The first-order valence-electron chi connectivity index (χ1n) is 6.39. The lowest BCUT2D eigenvalue weighted by Crippen LogP contribution is -2.40. The smallest absolute Gasteiger partial charge is 0.354 e. The van der Waals surface area contributed by atoms with Crippen LogP contribution in [0, 0.1) is 5.92 Å². The summed E-state index contributed by atoms with van der Waals surface area (Å²) in [5.74, 6) is -0.689. The van der Waals surface area contributed by atoms with Crippen molar-refractivity contribution in [1.82, 2.24) is 15.3 Å². The highest BCUT2D eigenvalue weighted by Crippen LogP contribution is 2.27. The first kappa shape index (κ1) is 20.4. The molecule has 0 radical (unpaired) electrons. The fourth-order valence-electron chi connectivity index (χ4n) is 1.36. The molecule has 0 aliphatic carbocycles. The molecule has 0 saturated carbocycles. The fraction of sp³-hybridized carbons (Fsp3) is 0.583. The number of alkyl halides is 3. The predicted octanol–water partition coefficient (Wildman–Crippen LogP) is 1.43. The lowest BCUT2D eigenvalue weighted by Gasteiger charge is -2.15. The van der Waals surface area contributed by atoms with Gasteiger partial charge in [0.05, 0.1) is 0 Å². The van der Waals surface area contributed by atoms with E-state index < -0.39 is 11.9 Å². The molecular formula is C12H19ClF3N5O. The summed E-state index contributed by atoms with van der Waals surface area (Å²) in [6.07, 6.45) is -3.49. The fourth-order valence-corrected chi connectivity index (χ4v) is 1.36. The Balaban J connectivity index is 0.00000441. The highest BCUT2D eigenvalue weighted by atomic mass is 35.5. The van der Waals surface area contributed by atoms with Crippen molar-refractivity contribution in [2.75, 3.05) is 18.4 Å². The number of anilines is 1. The van der Waals surface area contributed by atoms with Crippen molar-refractivity contribution in [3.8, 4) is 0 Å². The van der Waals surface area contributed by atoms with Crippen molar-refractivity contribution >= 4 is 24.3 Å². The molecule has 0 fully saturated rings. The minimum atomic E-state index is -4.51. The molecule has 2 unspecified atom stereocenters. The SMILES string of the molecule is CC(N)C(C)C(=O)NCCNc1nccc(C(F)(F)F)n1.Cl. The van der Waals surface area contributed by atoms with Crippen molar-refractivity contribution in [2.24, 2.45) is 11.7 Å². The topological polar surface area (TPSA) is 92.9 Å². The first-order valence-corrected chi connectivity index (χ1v) is 6.39. The van der Waals surface area contributed by atoms with Gasteiger partial charge in [-0.15, -0.1) is 12.4 Å². The maximum atomic E-state index is 12.4. The average molecular weight is 342 g/mol. The summed E-state index contributed by atoms with van der Waals surface area (Å²) >= 11 is 0. The molecule has 1 heterocycles. The van der Waals surface area contributed by atoms with Crippen molar-refractivity contribution in [2.45, 2.75) is 26.1 Å². The molecule has 0 aliphatic rings. The van der Waals surface area contributed by atoms with Crippen LogP contribution in [0.15, 0.2) is 12.3 Å². The summed E-state index contributed by atoms with van der Waals surface area (Å²) in [4.78, 5) is 18.6. The quantitative estimate of drug-likeness (QED) is 0.681. The molecule has 6 nitrogen and oxygen atoms in total. The largest absolute Gasteiger partial charge is 0.433 e. The third-order valence-corrected chi connectivity index (χ3v) is 2.86. The van der Waals surface area contributed by atoms with Gasteiger partial charge in [-0.1, -0.05) is 6.92 Å². The van der Waals surface area contributed by atoms with E-state index in [4.69, 9.17) is 5.73 Å². The van der Waals surface area contributed by atoms with Crippen LogP contribution >= 0.6 is 12.4 Å². The summed E-state index contributed by atoms with van der Waals surface area (Å²) in [5.41, 5.74) is 4.57. The van der Waals surface area contributed by atoms with Gasteiger partial charge in [-0.2, -0.15) is 13.2 Å². The zero-order chi connectivity index (χ0) is 16.0. The van der Waals surface area contributed by atoms with Crippen LogP contribution in [0.4, 0.5) is 19.1 Å². The van der Waals surface area contributed by atoms with E-state index in [1.807, 2.05) is 0 Å². The van der Waals surface area contributed by atoms with E-state index in [0.717, 1.165) is 12.3 Å². The minimum Gasteiger partial charge on any atom is -0.354 e. The molecule has 1 aromatic rings. The Bertz CT molecular complexity index is 484. The second-order valence-electron chi connectivity index (χ2n) is 4.63. The molecule has 126 valence electrons. The van der Waals surface area contributed by atoms with Crippen LogP contribution in [0.1, 0.15) is 19.5 Å². The van der Waals surface area contributed by atoms with E-state index >= 15 is 0 Å². The first-order chi connectivity index (χ1) is 9.71. The van der Waals surface area contributed by atoms with Gasteiger partial charge in [0.25, 0.3) is 0 Å². The molecule has 4 N–H and O–H groups in total. The Morgan fingerprint density at radius 3 is 2.55 bits per heavy atom. The van der Waals surface area contributed by atoms with Crippen LogP contribution in [0.2, 0.25) is 0 Å². The van der Waals surface area contributed by atoms with Crippen molar-refractivity contribution in [3.63, 3.8) is 0 Å². The second-order valence-corrected chi connectivity index (χ2v) is 4.63. The second kappa shape index (κ2) is 8.74. The summed E-state index contributed by atoms with van der Waals surface area (Å²) in [6, 6.07) is 0.516. The lowest BCUT2D eigenvalue weighted by molar-refractivity contribution is -0.141. The van der Waals surface area contributed by atoms with E-state index in [0.29, 0.717) is 0 Å². The standard InChI is InChI=1S/C12H18F3N5O.ClH/c1-7(8(2)16)10(21)17-5-6-19-11-18-4-3-9(20-11)12(13,14)15;/h3-4,7-8H,5-6,16H2,1-2H3,(H,17,21)(H,18,19,20);1H. The van der Waals surface area contributed by atoms with Gasteiger partial charge in [-0.05, 0) is 13.0 Å². The lowest BCUT2D eigenvalue weighted by atomic mass is 10.0. The number of halogens is 4. The summed E-state index contributed by atoms with van der Waals surface area (Å²) in [7, 11) is 0. The Morgan fingerprint density at radius 1 is 1.36 bits per heavy atom. The molecule has 0 saturated heterocycles. The van der Waals surface area contributed by atoms with Crippen LogP contribution < -0.4 is 16.4 Å². The Morgan fingerprint density at radius 2 is 2.00 bits per heavy atom. The molecule has 0 bridgehead atoms. The maximum absolute atomic E-state index is 12.4. The highest BCUT2D eigenvalue weighted by Gasteiger charge is 2.32. The van der Waals surface area contributed by atoms with E-state index in [2.05, 4.69) is 20.6 Å². The monoisotopic (exact) mass is 341 g/mol. The number of aromatic nitrogens is 2. The zero-order valence-electron chi connectivity index (χ0n) is 12.1. The van der Waals surface area contributed by atoms with Gasteiger partial charge in [0, 0.05) is 31.2 Å². The van der Waals surface area contributed by atoms with Gasteiger partial charge < -0.3 is 16.4 Å². The van der Waals surface area contributed by atoms with E-state index in [1.54, 1.807) is 13.8 Å². The van der Waals surface area contributed by atoms with E-state index in [1.165, 1.54) is 0 Å². The molecule has 0 aliphatic heterocycles. The van der Waals surface area contributed by atoms with Gasteiger partial charge >= 0.3 is 6.18 Å². The summed E-state index contributed by atoms with van der Waals surface area (Å²) in [6.45, 7) is 3.86. The van der Waals surface area contributed by atoms with E-state index in [9.17, 15) is 18.0 Å². The van der Waals surface area contributed by atoms with Crippen LogP contribution in [-0.4, -0.2) is 35.0 Å². The third kappa shape index (κ3) is 6.44. The summed E-state index contributed by atoms with van der Waals surface area (Å²) < 4.78 is 37.3. The molecule has 0 spiro atoms. The highest BCUT2D eigenvalue weighted by molar-refractivity contribution is 5.85. The van der Waals surface area contributed by atoms with Gasteiger partial charge in [0.15, 0.2) is 0 Å². The zero-order valence-corrected chi connectivity index (χ0v) is 13.0. The Hall–Kier alpha value is -1.61. The van der Waals surface area contributed by atoms with Crippen LogP contribution in [0.5, 0.6) is 0 Å². The molecule has 10 heteroatoms. The maximum Gasteiger partial charge on any atom is 0.433 e. The van der Waals surface area contributed by atoms with E-state index in [-0.39, 0.29) is 49.3 Å². The Labute approximate surface area is 132 Å². The molecular weight excluding hydrogens is 323 g/mol. The molecule has 1 rings (SSSR count). The number of nitrogens with two attached hydrogens (primary N) is 1. The number of rotatable bonds is 6. The van der Waals surface area contributed by atoms with Gasteiger partial charge in [-0.25, -0.2) is 9.97 Å². The molecule has 2 atom stereocenters. The molecule has 0 aromatic carbocycles. The number of amides is 1.